The summed E-state index contributed by atoms with van der Waals surface area (Å²) < 4.78 is 132. The first-order chi connectivity index (χ1) is 18.1. The third kappa shape index (κ3) is 6.56. The standard InChI is InChI=1S/C25H21F7N2O4S/c1-23(11-12-33-14-23)38-21-13-15(5-10-18(21)24(27,28)29)34-39(35,36)17-8-6-16(7-9-17)37-20-4-2-3-19(22(20)26)25(30,31)32/h2-10,13,33-34H,11-12,14H2,1H3/t23-/m1/s1. The molecule has 1 aliphatic rings. The van der Waals surface area contributed by atoms with Gasteiger partial charge in [-0.05, 0) is 62.0 Å². The van der Waals surface area contributed by atoms with E-state index in [1.807, 2.05) is 0 Å². The number of alkyl halides is 6. The summed E-state index contributed by atoms with van der Waals surface area (Å²) >= 11 is 0. The van der Waals surface area contributed by atoms with E-state index in [-0.39, 0.29) is 16.3 Å². The Labute approximate surface area is 218 Å². The minimum Gasteiger partial charge on any atom is -0.485 e. The number of hydrogen-bond acceptors (Lipinski definition) is 5. The topological polar surface area (TPSA) is 76.7 Å². The molecule has 39 heavy (non-hydrogen) atoms. The minimum atomic E-state index is -4.94. The Hall–Kier alpha value is -3.52. The molecule has 3 aromatic carbocycles. The molecule has 0 unspecified atom stereocenters. The largest absolute Gasteiger partial charge is 0.485 e. The number of anilines is 1. The molecule has 0 aromatic heterocycles. The highest BCUT2D eigenvalue weighted by Gasteiger charge is 2.38. The number of halogens is 7. The molecule has 1 heterocycles. The van der Waals surface area contributed by atoms with Gasteiger partial charge in [-0.2, -0.15) is 26.3 Å². The molecule has 1 saturated heterocycles. The van der Waals surface area contributed by atoms with Gasteiger partial charge in [-0.3, -0.25) is 4.72 Å². The normalized spacial score (nSPS) is 18.2. The quantitative estimate of drug-likeness (QED) is 0.310. The van der Waals surface area contributed by atoms with E-state index in [1.54, 1.807) is 6.92 Å². The predicted octanol–water partition coefficient (Wildman–Crippen LogP) is 6.59. The van der Waals surface area contributed by atoms with Crippen molar-refractivity contribution in [3.05, 3.63) is 77.6 Å². The molecule has 4 rings (SSSR count). The lowest BCUT2D eigenvalue weighted by Crippen LogP contribution is -2.35. The summed E-state index contributed by atoms with van der Waals surface area (Å²) in [7, 11) is -4.32. The number of benzene rings is 3. The highest BCUT2D eigenvalue weighted by molar-refractivity contribution is 7.92. The molecule has 14 heteroatoms. The molecule has 0 saturated carbocycles. The first-order valence-corrected chi connectivity index (χ1v) is 12.8. The van der Waals surface area contributed by atoms with Gasteiger partial charge < -0.3 is 14.8 Å². The van der Waals surface area contributed by atoms with Crippen LogP contribution in [0.3, 0.4) is 0 Å². The lowest BCUT2D eigenvalue weighted by molar-refractivity contribution is -0.140. The van der Waals surface area contributed by atoms with Gasteiger partial charge in [0.05, 0.1) is 21.7 Å². The summed E-state index contributed by atoms with van der Waals surface area (Å²) in [6.07, 6.45) is -9.24. The minimum absolute atomic E-state index is 0.157. The zero-order chi connectivity index (χ0) is 28.6. The second-order valence-electron chi connectivity index (χ2n) is 8.98. The fourth-order valence-corrected chi connectivity index (χ4v) is 4.94. The van der Waals surface area contributed by atoms with E-state index in [0.717, 1.165) is 48.5 Å². The van der Waals surface area contributed by atoms with Gasteiger partial charge in [0.2, 0.25) is 0 Å². The van der Waals surface area contributed by atoms with Crippen molar-refractivity contribution in [2.75, 3.05) is 17.8 Å². The van der Waals surface area contributed by atoms with Crippen LogP contribution >= 0.6 is 0 Å². The van der Waals surface area contributed by atoms with Crippen LogP contribution in [0.5, 0.6) is 17.2 Å². The van der Waals surface area contributed by atoms with Crippen LogP contribution in [0.2, 0.25) is 0 Å². The number of rotatable bonds is 7. The monoisotopic (exact) mass is 578 g/mol. The van der Waals surface area contributed by atoms with Crippen molar-refractivity contribution in [3.8, 4) is 17.2 Å². The summed E-state index contributed by atoms with van der Waals surface area (Å²) in [6.45, 7) is 2.49. The molecular formula is C25H21F7N2O4S. The molecule has 3 aromatic rings. The van der Waals surface area contributed by atoms with Crippen molar-refractivity contribution < 1.29 is 48.6 Å². The smallest absolute Gasteiger partial charge is 0.419 e. The second kappa shape index (κ2) is 10.2. The van der Waals surface area contributed by atoms with E-state index in [1.165, 1.54) is 0 Å². The SMILES string of the molecule is C[C@@]1(Oc2cc(NS(=O)(=O)c3ccc(Oc4cccc(C(F)(F)F)c4F)cc3)ccc2C(F)(F)F)CCNC1. The summed E-state index contributed by atoms with van der Waals surface area (Å²) in [6, 6.07) is 9.32. The summed E-state index contributed by atoms with van der Waals surface area (Å²) in [5.41, 5.74) is -3.71. The van der Waals surface area contributed by atoms with Gasteiger partial charge in [0.1, 0.15) is 17.1 Å². The Balaban J connectivity index is 1.55. The van der Waals surface area contributed by atoms with Gasteiger partial charge in [-0.15, -0.1) is 0 Å². The summed E-state index contributed by atoms with van der Waals surface area (Å²) in [5.74, 6) is -3.05. The third-order valence-corrected chi connectivity index (χ3v) is 7.25. The third-order valence-electron chi connectivity index (χ3n) is 5.86. The van der Waals surface area contributed by atoms with E-state index in [0.29, 0.717) is 31.6 Å². The van der Waals surface area contributed by atoms with Crippen molar-refractivity contribution in [1.82, 2.24) is 5.32 Å². The van der Waals surface area contributed by atoms with Crippen molar-refractivity contribution >= 4 is 15.7 Å². The lowest BCUT2D eigenvalue weighted by Gasteiger charge is -2.27. The fraction of sp³-hybridized carbons (Fsp3) is 0.280. The van der Waals surface area contributed by atoms with E-state index >= 15 is 0 Å². The lowest BCUT2D eigenvalue weighted by atomic mass is 10.1. The highest BCUT2D eigenvalue weighted by Crippen LogP contribution is 2.40. The summed E-state index contributed by atoms with van der Waals surface area (Å²) in [4.78, 5) is -0.339. The molecule has 0 bridgehead atoms. The predicted molar refractivity (Wildman–Crippen MR) is 127 cm³/mol. The average molecular weight is 579 g/mol. The Morgan fingerprint density at radius 2 is 1.56 bits per heavy atom. The van der Waals surface area contributed by atoms with Crippen LogP contribution in [0.1, 0.15) is 24.5 Å². The molecule has 0 radical (unpaired) electrons. The molecular weight excluding hydrogens is 557 g/mol. The van der Waals surface area contributed by atoms with Crippen LogP contribution in [-0.4, -0.2) is 27.1 Å². The zero-order valence-electron chi connectivity index (χ0n) is 20.1. The van der Waals surface area contributed by atoms with Crippen LogP contribution in [-0.2, 0) is 22.4 Å². The van der Waals surface area contributed by atoms with Crippen LogP contribution < -0.4 is 19.5 Å². The number of hydrogen-bond donors (Lipinski definition) is 2. The maximum Gasteiger partial charge on any atom is 0.419 e. The summed E-state index contributed by atoms with van der Waals surface area (Å²) in [5, 5.41) is 3.00. The molecule has 210 valence electrons. The van der Waals surface area contributed by atoms with Crippen LogP contribution in [0.25, 0.3) is 0 Å². The second-order valence-corrected chi connectivity index (χ2v) is 10.7. The molecule has 1 atom stereocenters. The Bertz CT molecular complexity index is 1450. The Morgan fingerprint density at radius 3 is 2.15 bits per heavy atom. The molecule has 2 N–H and O–H groups in total. The molecule has 1 aliphatic heterocycles. The van der Waals surface area contributed by atoms with E-state index in [2.05, 4.69) is 10.0 Å². The Kier molecular flexibility index (Phi) is 7.47. The van der Waals surface area contributed by atoms with Crippen LogP contribution in [0.15, 0.2) is 65.6 Å². The average Bonchev–Trinajstić information content (AvgIpc) is 3.25. The maximum atomic E-state index is 14.2. The molecule has 1 fully saturated rings. The fourth-order valence-electron chi connectivity index (χ4n) is 3.89. The number of ether oxygens (including phenoxy) is 2. The van der Waals surface area contributed by atoms with E-state index in [4.69, 9.17) is 9.47 Å². The number of sulfonamides is 1. The molecule has 0 amide bonds. The first kappa shape index (κ1) is 28.5. The van der Waals surface area contributed by atoms with Gasteiger partial charge in [0.15, 0.2) is 11.6 Å². The van der Waals surface area contributed by atoms with Crippen molar-refractivity contribution in [2.45, 2.75) is 36.2 Å². The van der Waals surface area contributed by atoms with E-state index < -0.39 is 56.4 Å². The van der Waals surface area contributed by atoms with Crippen molar-refractivity contribution in [3.63, 3.8) is 0 Å². The van der Waals surface area contributed by atoms with Crippen LogP contribution in [0.4, 0.5) is 36.4 Å². The molecule has 6 nitrogen and oxygen atoms in total. The van der Waals surface area contributed by atoms with Gasteiger partial charge in [0, 0.05) is 19.0 Å². The first-order valence-electron chi connectivity index (χ1n) is 11.3. The van der Waals surface area contributed by atoms with Gasteiger partial charge in [-0.25, -0.2) is 12.8 Å². The maximum absolute atomic E-state index is 14.2. The van der Waals surface area contributed by atoms with E-state index in [9.17, 15) is 39.2 Å². The molecule has 0 aliphatic carbocycles. The zero-order valence-corrected chi connectivity index (χ0v) is 20.9. The van der Waals surface area contributed by atoms with Gasteiger partial charge in [-0.1, -0.05) is 6.07 Å². The van der Waals surface area contributed by atoms with Crippen LogP contribution in [0, 0.1) is 5.82 Å². The number of nitrogens with one attached hydrogen (secondary N) is 2. The molecule has 0 spiro atoms. The highest BCUT2D eigenvalue weighted by atomic mass is 32.2. The van der Waals surface area contributed by atoms with Gasteiger partial charge >= 0.3 is 12.4 Å². The Morgan fingerprint density at radius 1 is 0.897 bits per heavy atom. The van der Waals surface area contributed by atoms with Gasteiger partial charge in [0.25, 0.3) is 10.0 Å². The van der Waals surface area contributed by atoms with Crippen molar-refractivity contribution in [1.29, 1.82) is 0 Å². The van der Waals surface area contributed by atoms with Crippen molar-refractivity contribution in [2.24, 2.45) is 0 Å².